The molecule has 0 saturated carbocycles. The predicted octanol–water partition coefficient (Wildman–Crippen LogP) is 4.26. The Balaban J connectivity index is 1.75. The van der Waals surface area contributed by atoms with Crippen LogP contribution in [0.15, 0.2) is 42.6 Å². The molecule has 0 unspecified atom stereocenters. The molecule has 4 atom stereocenters. The summed E-state index contributed by atoms with van der Waals surface area (Å²) in [7, 11) is 0. The second-order valence-corrected chi connectivity index (χ2v) is 14.2. The van der Waals surface area contributed by atoms with Gasteiger partial charge in [-0.3, -0.25) is 33.6 Å². The molecule has 15 heteroatoms. The van der Waals surface area contributed by atoms with Crippen LogP contribution in [-0.2, 0) is 35.2 Å². The maximum atomic E-state index is 14.0. The first kappa shape index (κ1) is 42.7. The third kappa shape index (κ3) is 11.9. The highest BCUT2D eigenvalue weighted by molar-refractivity contribution is 5.98. The Hall–Kier alpha value is -5.73. The average molecular weight is 752 g/mol. The van der Waals surface area contributed by atoms with E-state index in [1.165, 1.54) is 0 Å². The monoisotopic (exact) mass is 751 g/mol. The van der Waals surface area contributed by atoms with E-state index >= 15 is 0 Å². The minimum Gasteiger partial charge on any atom is -0.504 e. The Morgan fingerprint density at radius 3 is 1.89 bits per heavy atom. The van der Waals surface area contributed by atoms with Gasteiger partial charge in [-0.05, 0) is 48.4 Å². The number of aromatic hydroxyl groups is 3. The second kappa shape index (κ2) is 19.4. The van der Waals surface area contributed by atoms with Crippen molar-refractivity contribution in [3.05, 3.63) is 53.7 Å². The Morgan fingerprint density at radius 1 is 0.722 bits per heavy atom. The lowest BCUT2D eigenvalue weighted by Crippen LogP contribution is -2.48. The van der Waals surface area contributed by atoms with Crippen LogP contribution in [0.4, 0.5) is 0 Å². The number of carboxylic acid groups (broad SMARTS) is 2. The van der Waals surface area contributed by atoms with Crippen LogP contribution in [0.25, 0.3) is 10.9 Å². The predicted molar refractivity (Wildman–Crippen MR) is 196 cm³/mol. The molecule has 0 fully saturated rings. The number of para-hydroxylation sites is 1. The number of carbonyl (C=O) groups is 7. The van der Waals surface area contributed by atoms with Crippen molar-refractivity contribution in [2.75, 3.05) is 0 Å². The number of benzene rings is 2. The normalized spacial score (nSPS) is 13.6. The van der Waals surface area contributed by atoms with Gasteiger partial charge >= 0.3 is 11.9 Å². The van der Waals surface area contributed by atoms with Crippen molar-refractivity contribution >= 4 is 52.0 Å². The van der Waals surface area contributed by atoms with E-state index in [9.17, 15) is 59.1 Å². The number of hydrogen-bond donors (Lipinski definition) is 8. The number of aromatic nitrogens is 1. The Kier molecular flexibility index (Phi) is 15.3. The third-order valence-corrected chi connectivity index (χ3v) is 9.46. The van der Waals surface area contributed by atoms with E-state index in [4.69, 9.17) is 0 Å². The zero-order valence-corrected chi connectivity index (χ0v) is 30.8. The molecule has 0 aliphatic carbocycles. The van der Waals surface area contributed by atoms with E-state index in [0.717, 1.165) is 28.6 Å². The highest BCUT2D eigenvalue weighted by atomic mass is 16.4. The van der Waals surface area contributed by atoms with E-state index in [1.807, 2.05) is 24.3 Å². The maximum Gasteiger partial charge on any atom is 0.307 e. The number of aliphatic carboxylic acids is 2. The van der Waals surface area contributed by atoms with Crippen LogP contribution in [0.5, 0.6) is 17.2 Å². The van der Waals surface area contributed by atoms with Crippen LogP contribution in [0.3, 0.4) is 0 Å². The minimum absolute atomic E-state index is 0.0148. The van der Waals surface area contributed by atoms with Crippen molar-refractivity contribution in [1.29, 1.82) is 0 Å². The van der Waals surface area contributed by atoms with Gasteiger partial charge in [-0.1, -0.05) is 45.9 Å². The van der Waals surface area contributed by atoms with Gasteiger partial charge in [0.05, 0.1) is 24.4 Å². The number of aromatic amines is 1. The van der Waals surface area contributed by atoms with Gasteiger partial charge in [0.15, 0.2) is 34.6 Å². The average Bonchev–Trinajstić information content (AvgIpc) is 3.51. The fourth-order valence-corrected chi connectivity index (χ4v) is 6.17. The molecular weight excluding hydrogens is 702 g/mol. The van der Waals surface area contributed by atoms with E-state index in [-0.39, 0.29) is 44.1 Å². The zero-order valence-electron chi connectivity index (χ0n) is 30.8. The van der Waals surface area contributed by atoms with Gasteiger partial charge in [-0.25, -0.2) is 0 Å². The molecule has 0 bridgehead atoms. The van der Waals surface area contributed by atoms with Crippen LogP contribution in [-0.4, -0.2) is 83.7 Å². The number of rotatable bonds is 22. The largest absolute Gasteiger partial charge is 0.504 e. The Labute approximate surface area is 312 Å². The summed E-state index contributed by atoms with van der Waals surface area (Å²) in [5.74, 6) is -10.6. The van der Waals surface area contributed by atoms with E-state index < -0.39 is 107 Å². The van der Waals surface area contributed by atoms with Gasteiger partial charge in [-0.2, -0.15) is 0 Å². The molecule has 0 aliphatic heterocycles. The molecule has 54 heavy (non-hydrogen) atoms. The van der Waals surface area contributed by atoms with Crippen LogP contribution >= 0.6 is 0 Å². The van der Waals surface area contributed by atoms with Gasteiger partial charge in [0.25, 0.3) is 0 Å². The number of fused-ring (bicyclic) bond motifs is 1. The molecule has 8 N–H and O–H groups in total. The Bertz CT molecular complexity index is 1840. The molecule has 15 nitrogen and oxygen atoms in total. The smallest absolute Gasteiger partial charge is 0.307 e. The molecule has 0 saturated heterocycles. The SMILES string of the molecule is CC(C)[C@@H](CC(=O)[C@H](CC(=O)O)NC(=O)[C@H](CC(=O)[C@H](Cc1c[nH]c2ccccc12)NC(=O)CCCCC(=O)c1cc(O)c(O)c(O)c1)C(C)C)C(=O)O. The molecule has 3 aromatic rings. The first-order chi connectivity index (χ1) is 25.4. The summed E-state index contributed by atoms with van der Waals surface area (Å²) in [6.07, 6.45) is 0.568. The molecule has 1 heterocycles. The number of amides is 2. The molecule has 3 rings (SSSR count). The maximum absolute atomic E-state index is 14.0. The molecule has 292 valence electrons. The topological polar surface area (TPSA) is 260 Å². The van der Waals surface area contributed by atoms with Gasteiger partial charge in [0.1, 0.15) is 0 Å². The summed E-state index contributed by atoms with van der Waals surface area (Å²) in [5.41, 5.74) is 1.52. The fourth-order valence-electron chi connectivity index (χ4n) is 6.17. The van der Waals surface area contributed by atoms with Crippen LogP contribution in [0, 0.1) is 23.7 Å². The first-order valence-electron chi connectivity index (χ1n) is 17.8. The molecule has 0 spiro atoms. The summed E-state index contributed by atoms with van der Waals surface area (Å²) < 4.78 is 0. The quantitative estimate of drug-likeness (QED) is 0.0407. The first-order valence-corrected chi connectivity index (χ1v) is 17.8. The van der Waals surface area contributed by atoms with Gasteiger partial charge < -0.3 is 41.2 Å². The fraction of sp³-hybridized carbons (Fsp3) is 0.462. The van der Waals surface area contributed by atoms with Crippen LogP contribution in [0.2, 0.25) is 0 Å². The standard InChI is InChI=1S/C39H49N3O12/c1-20(2)25(38(52)42-29(18-36(49)50)32(45)17-26(21(3)4)39(53)54)16-31(44)28(13-23-19-40-27-10-6-5-9-24(23)27)41-35(48)12-8-7-11-30(43)22-14-33(46)37(51)34(47)15-22/h5-6,9-10,14-15,19-21,25-26,28-29,40,46-47,51H,7-8,11-13,16-18H2,1-4H3,(H,41,48)(H,42,52)(H,49,50)(H,53,54)/t25-,26-,28+,29+/m1/s1. The van der Waals surface area contributed by atoms with Crippen LogP contribution in [0.1, 0.15) is 88.6 Å². The number of ketones is 3. The molecule has 1 aromatic heterocycles. The zero-order chi connectivity index (χ0) is 40.3. The molecule has 0 radical (unpaired) electrons. The second-order valence-electron chi connectivity index (χ2n) is 14.2. The summed E-state index contributed by atoms with van der Waals surface area (Å²) in [4.78, 5) is 92.9. The van der Waals surface area contributed by atoms with Crippen molar-refractivity contribution in [2.45, 2.75) is 91.1 Å². The van der Waals surface area contributed by atoms with Gasteiger partial charge in [-0.15, -0.1) is 0 Å². The number of nitrogens with one attached hydrogen (secondary N) is 3. The number of hydrogen-bond acceptors (Lipinski definition) is 10. The highest BCUT2D eigenvalue weighted by Gasteiger charge is 2.35. The number of phenolic OH excluding ortho intramolecular Hbond substituents is 3. The number of carboxylic acids is 2. The number of unbranched alkanes of at least 4 members (excludes halogenated alkanes) is 1. The lowest BCUT2D eigenvalue weighted by molar-refractivity contribution is -0.146. The van der Waals surface area contributed by atoms with Crippen molar-refractivity contribution in [1.82, 2.24) is 15.6 Å². The molecule has 2 aromatic carbocycles. The number of H-pyrrole nitrogens is 1. The Morgan fingerprint density at radius 2 is 1.30 bits per heavy atom. The van der Waals surface area contributed by atoms with Crippen molar-refractivity contribution in [2.24, 2.45) is 23.7 Å². The van der Waals surface area contributed by atoms with Crippen molar-refractivity contribution in [3.63, 3.8) is 0 Å². The lowest BCUT2D eigenvalue weighted by Gasteiger charge is -2.26. The summed E-state index contributed by atoms with van der Waals surface area (Å²) in [6, 6.07) is 6.81. The number of Topliss-reactive ketones (excluding diaryl/α,β-unsaturated/α-hetero) is 3. The molecule has 2 amide bonds. The van der Waals surface area contributed by atoms with Crippen molar-refractivity contribution in [3.8, 4) is 17.2 Å². The summed E-state index contributed by atoms with van der Waals surface area (Å²) >= 11 is 0. The third-order valence-electron chi connectivity index (χ3n) is 9.46. The summed E-state index contributed by atoms with van der Waals surface area (Å²) in [5, 5.41) is 54.0. The van der Waals surface area contributed by atoms with Crippen LogP contribution < -0.4 is 10.6 Å². The highest BCUT2D eigenvalue weighted by Crippen LogP contribution is 2.35. The molecule has 0 aliphatic rings. The lowest BCUT2D eigenvalue weighted by atomic mass is 9.85. The number of carbonyl (C=O) groups excluding carboxylic acids is 5. The molecular formula is C39H49N3O12. The number of phenols is 3. The van der Waals surface area contributed by atoms with Crippen molar-refractivity contribution < 1.29 is 59.1 Å². The van der Waals surface area contributed by atoms with E-state index in [1.54, 1.807) is 33.9 Å². The van der Waals surface area contributed by atoms with E-state index in [0.29, 0.717) is 0 Å². The van der Waals surface area contributed by atoms with E-state index in [2.05, 4.69) is 15.6 Å². The summed E-state index contributed by atoms with van der Waals surface area (Å²) in [6.45, 7) is 6.59. The minimum atomic E-state index is -1.52. The van der Waals surface area contributed by atoms with Gasteiger partial charge in [0.2, 0.25) is 11.8 Å². The van der Waals surface area contributed by atoms with Gasteiger partial charge in [0, 0.05) is 60.7 Å².